The minimum Gasteiger partial charge on any atom is -0.491 e. The summed E-state index contributed by atoms with van der Waals surface area (Å²) < 4.78 is 11.4. The number of rotatable bonds is 7. The van der Waals surface area contributed by atoms with E-state index in [1.54, 1.807) is 24.3 Å². The van der Waals surface area contributed by atoms with E-state index in [1.165, 1.54) is 19.3 Å². The van der Waals surface area contributed by atoms with E-state index in [9.17, 15) is 5.11 Å². The number of ether oxygens (including phenoxy) is 2. The van der Waals surface area contributed by atoms with Crippen LogP contribution in [0, 0.1) is 5.92 Å². The fraction of sp³-hybridized carbons (Fsp3) is 0.647. The van der Waals surface area contributed by atoms with Crippen molar-refractivity contribution >= 4 is 5.69 Å². The van der Waals surface area contributed by atoms with Crippen molar-refractivity contribution in [1.29, 1.82) is 0 Å². The molecule has 2 rings (SSSR count). The van der Waals surface area contributed by atoms with Gasteiger partial charge in [0.1, 0.15) is 18.5 Å². The average Bonchev–Trinajstić information content (AvgIpc) is 2.52. The van der Waals surface area contributed by atoms with E-state index in [2.05, 4.69) is 6.92 Å². The summed E-state index contributed by atoms with van der Waals surface area (Å²) in [7, 11) is 0. The van der Waals surface area contributed by atoms with Gasteiger partial charge in [-0.2, -0.15) is 0 Å². The van der Waals surface area contributed by atoms with E-state index in [0.717, 1.165) is 18.8 Å². The Labute approximate surface area is 127 Å². The molecule has 0 amide bonds. The monoisotopic (exact) mass is 293 g/mol. The second-order valence-electron chi connectivity index (χ2n) is 5.93. The molecule has 118 valence electrons. The Balaban J connectivity index is 1.65. The van der Waals surface area contributed by atoms with E-state index in [1.807, 2.05) is 0 Å². The van der Waals surface area contributed by atoms with Crippen LogP contribution in [0.2, 0.25) is 0 Å². The van der Waals surface area contributed by atoms with E-state index >= 15 is 0 Å². The van der Waals surface area contributed by atoms with E-state index in [-0.39, 0.29) is 6.61 Å². The molecule has 0 aromatic heterocycles. The van der Waals surface area contributed by atoms with Gasteiger partial charge in [-0.15, -0.1) is 0 Å². The lowest BCUT2D eigenvalue weighted by Gasteiger charge is -2.29. The van der Waals surface area contributed by atoms with Crippen LogP contribution in [0.4, 0.5) is 5.69 Å². The molecule has 21 heavy (non-hydrogen) atoms. The largest absolute Gasteiger partial charge is 0.491 e. The minimum absolute atomic E-state index is 0.244. The number of hydrogen-bond acceptors (Lipinski definition) is 4. The van der Waals surface area contributed by atoms with Gasteiger partial charge in [0.25, 0.3) is 0 Å². The molecule has 4 heteroatoms. The molecule has 0 saturated heterocycles. The maximum Gasteiger partial charge on any atom is 0.119 e. The SMILES string of the molecule is CCC1CCCC(OCC(O)COc2ccc(N)cc2)C1. The van der Waals surface area contributed by atoms with Crippen LogP contribution in [-0.4, -0.2) is 30.5 Å². The molecule has 1 aliphatic rings. The van der Waals surface area contributed by atoms with Crippen molar-refractivity contribution in [2.75, 3.05) is 18.9 Å². The van der Waals surface area contributed by atoms with Gasteiger partial charge in [-0.1, -0.05) is 26.2 Å². The molecule has 4 nitrogen and oxygen atoms in total. The highest BCUT2D eigenvalue weighted by atomic mass is 16.5. The second-order valence-corrected chi connectivity index (χ2v) is 5.93. The smallest absolute Gasteiger partial charge is 0.119 e. The van der Waals surface area contributed by atoms with Crippen molar-refractivity contribution in [2.45, 2.75) is 51.2 Å². The van der Waals surface area contributed by atoms with E-state index in [0.29, 0.717) is 24.1 Å². The van der Waals surface area contributed by atoms with Crippen molar-refractivity contribution in [1.82, 2.24) is 0 Å². The van der Waals surface area contributed by atoms with Crippen LogP contribution < -0.4 is 10.5 Å². The van der Waals surface area contributed by atoms with Crippen LogP contribution in [0.25, 0.3) is 0 Å². The van der Waals surface area contributed by atoms with Crippen molar-refractivity contribution in [3.63, 3.8) is 0 Å². The zero-order valence-electron chi connectivity index (χ0n) is 12.8. The third kappa shape index (κ3) is 5.56. The van der Waals surface area contributed by atoms with Gasteiger partial charge in [-0.05, 0) is 43.0 Å². The normalized spacial score (nSPS) is 23.7. The highest BCUT2D eigenvalue weighted by molar-refractivity contribution is 5.41. The lowest BCUT2D eigenvalue weighted by molar-refractivity contribution is -0.0441. The predicted molar refractivity (Wildman–Crippen MR) is 84.3 cm³/mol. The Bertz CT molecular complexity index is 407. The average molecular weight is 293 g/mol. The van der Waals surface area contributed by atoms with Gasteiger partial charge in [-0.3, -0.25) is 0 Å². The van der Waals surface area contributed by atoms with Crippen molar-refractivity contribution in [2.24, 2.45) is 5.92 Å². The van der Waals surface area contributed by atoms with Crippen LogP contribution in [-0.2, 0) is 4.74 Å². The fourth-order valence-corrected chi connectivity index (χ4v) is 2.82. The lowest BCUT2D eigenvalue weighted by atomic mass is 9.85. The summed E-state index contributed by atoms with van der Waals surface area (Å²) in [5.41, 5.74) is 6.31. The molecular formula is C17H27NO3. The second kappa shape index (κ2) is 8.25. The van der Waals surface area contributed by atoms with Gasteiger partial charge in [-0.25, -0.2) is 0 Å². The standard InChI is InChI=1S/C17H27NO3/c1-2-13-4-3-5-17(10-13)21-12-15(19)11-20-16-8-6-14(18)7-9-16/h6-9,13,15,17,19H,2-5,10-12,18H2,1H3. The minimum atomic E-state index is -0.593. The molecule has 1 aromatic carbocycles. The summed E-state index contributed by atoms with van der Waals surface area (Å²) in [6.07, 6.45) is 5.73. The number of aliphatic hydroxyl groups is 1. The third-order valence-electron chi connectivity index (χ3n) is 4.16. The molecule has 1 aliphatic carbocycles. The van der Waals surface area contributed by atoms with Crippen molar-refractivity contribution < 1.29 is 14.6 Å². The highest BCUT2D eigenvalue weighted by Crippen LogP contribution is 2.28. The van der Waals surface area contributed by atoms with Gasteiger partial charge < -0.3 is 20.3 Å². The number of benzene rings is 1. The van der Waals surface area contributed by atoms with Gasteiger partial charge >= 0.3 is 0 Å². The molecule has 0 spiro atoms. The molecule has 3 atom stereocenters. The molecule has 1 saturated carbocycles. The van der Waals surface area contributed by atoms with Crippen LogP contribution in [0.3, 0.4) is 0 Å². The molecular weight excluding hydrogens is 266 g/mol. The first kappa shape index (κ1) is 16.1. The van der Waals surface area contributed by atoms with Crippen LogP contribution in [0.15, 0.2) is 24.3 Å². The van der Waals surface area contributed by atoms with E-state index in [4.69, 9.17) is 15.2 Å². The zero-order valence-corrected chi connectivity index (χ0v) is 12.8. The summed E-state index contributed by atoms with van der Waals surface area (Å²) in [6, 6.07) is 7.17. The Kier molecular flexibility index (Phi) is 6.33. The maximum absolute atomic E-state index is 9.94. The summed E-state index contributed by atoms with van der Waals surface area (Å²) in [5, 5.41) is 9.94. The Morgan fingerprint density at radius 2 is 2.00 bits per heavy atom. The molecule has 0 radical (unpaired) electrons. The first-order chi connectivity index (χ1) is 10.2. The van der Waals surface area contributed by atoms with Gasteiger partial charge in [0.15, 0.2) is 0 Å². The molecule has 0 bridgehead atoms. The first-order valence-corrected chi connectivity index (χ1v) is 7.95. The zero-order chi connectivity index (χ0) is 15.1. The number of hydrogen-bond donors (Lipinski definition) is 2. The Morgan fingerprint density at radius 1 is 1.24 bits per heavy atom. The highest BCUT2D eigenvalue weighted by Gasteiger charge is 2.22. The summed E-state index contributed by atoms with van der Waals surface area (Å²) in [6.45, 7) is 2.83. The van der Waals surface area contributed by atoms with Crippen LogP contribution >= 0.6 is 0 Å². The van der Waals surface area contributed by atoms with Crippen LogP contribution in [0.5, 0.6) is 5.75 Å². The van der Waals surface area contributed by atoms with Gasteiger partial charge in [0, 0.05) is 5.69 Å². The molecule has 3 unspecified atom stereocenters. The summed E-state index contributed by atoms with van der Waals surface area (Å²) in [4.78, 5) is 0. The number of nitrogens with two attached hydrogens (primary N) is 1. The van der Waals surface area contributed by atoms with Crippen molar-refractivity contribution in [3.8, 4) is 5.75 Å². The van der Waals surface area contributed by atoms with Crippen LogP contribution in [0.1, 0.15) is 39.0 Å². The third-order valence-corrected chi connectivity index (χ3v) is 4.16. The van der Waals surface area contributed by atoms with Crippen molar-refractivity contribution in [3.05, 3.63) is 24.3 Å². The number of anilines is 1. The van der Waals surface area contributed by atoms with E-state index < -0.39 is 6.10 Å². The Hall–Kier alpha value is -1.26. The molecule has 0 heterocycles. The Morgan fingerprint density at radius 3 is 2.71 bits per heavy atom. The predicted octanol–water partition coefficient (Wildman–Crippen LogP) is 2.99. The van der Waals surface area contributed by atoms with Gasteiger partial charge in [0.05, 0.1) is 12.7 Å². The first-order valence-electron chi connectivity index (χ1n) is 7.95. The maximum atomic E-state index is 9.94. The molecule has 1 fully saturated rings. The van der Waals surface area contributed by atoms with Gasteiger partial charge in [0.2, 0.25) is 0 Å². The fourth-order valence-electron chi connectivity index (χ4n) is 2.82. The quantitative estimate of drug-likeness (QED) is 0.759. The summed E-state index contributed by atoms with van der Waals surface area (Å²) >= 11 is 0. The molecule has 3 N–H and O–H groups in total. The lowest BCUT2D eigenvalue weighted by Crippen LogP contribution is -2.29. The molecule has 0 aliphatic heterocycles. The number of nitrogen functional groups attached to an aromatic ring is 1. The molecule has 1 aromatic rings. The summed E-state index contributed by atoms with van der Waals surface area (Å²) in [5.74, 6) is 1.50. The topological polar surface area (TPSA) is 64.7 Å². The number of aliphatic hydroxyl groups excluding tert-OH is 1.